The van der Waals surface area contributed by atoms with E-state index in [1.807, 2.05) is 31.5 Å². The van der Waals surface area contributed by atoms with Crippen molar-refractivity contribution in [2.45, 2.75) is 45.1 Å². The highest BCUT2D eigenvalue weighted by Gasteiger charge is 2.29. The molecule has 0 saturated carbocycles. The van der Waals surface area contributed by atoms with Crippen LogP contribution in [0.1, 0.15) is 44.5 Å². The van der Waals surface area contributed by atoms with E-state index >= 15 is 0 Å². The lowest BCUT2D eigenvalue weighted by Crippen LogP contribution is -2.41. The van der Waals surface area contributed by atoms with Gasteiger partial charge in [0.15, 0.2) is 0 Å². The molecule has 6 nitrogen and oxygen atoms in total. The normalized spacial score (nSPS) is 17.4. The summed E-state index contributed by atoms with van der Waals surface area (Å²) in [4.78, 5) is 19.0. The summed E-state index contributed by atoms with van der Waals surface area (Å²) in [5.74, 6) is 0.412. The van der Waals surface area contributed by atoms with Gasteiger partial charge in [0.1, 0.15) is 10.6 Å². The highest BCUT2D eigenvalue weighted by molar-refractivity contribution is 7.16. The lowest BCUT2D eigenvalue weighted by molar-refractivity contribution is 0.0204. The van der Waals surface area contributed by atoms with Gasteiger partial charge in [0.2, 0.25) is 4.96 Å². The minimum Gasteiger partial charge on any atom is -0.444 e. The Labute approximate surface area is 127 Å². The van der Waals surface area contributed by atoms with Crippen molar-refractivity contribution in [3.05, 3.63) is 17.4 Å². The third-order valence-corrected chi connectivity index (χ3v) is 4.59. The van der Waals surface area contributed by atoms with Gasteiger partial charge in [-0.1, -0.05) is 11.3 Å². The fourth-order valence-corrected chi connectivity index (χ4v) is 3.48. The number of hydrogen-bond donors (Lipinski definition) is 0. The summed E-state index contributed by atoms with van der Waals surface area (Å²) in [7, 11) is 0. The molecule has 0 aliphatic carbocycles. The molecule has 114 valence electrons. The molecule has 2 aromatic heterocycles. The van der Waals surface area contributed by atoms with Gasteiger partial charge in [-0.2, -0.15) is 5.10 Å². The Morgan fingerprint density at radius 3 is 2.71 bits per heavy atom. The predicted molar refractivity (Wildman–Crippen MR) is 80.6 cm³/mol. The van der Waals surface area contributed by atoms with Gasteiger partial charge in [-0.15, -0.1) is 0 Å². The number of fused-ring (bicyclic) bond motifs is 1. The summed E-state index contributed by atoms with van der Waals surface area (Å²) < 4.78 is 7.23. The summed E-state index contributed by atoms with van der Waals surface area (Å²) in [5.41, 5.74) is -0.436. The van der Waals surface area contributed by atoms with Crippen molar-refractivity contribution in [3.8, 4) is 0 Å². The fourth-order valence-electron chi connectivity index (χ4n) is 2.45. The van der Waals surface area contributed by atoms with Gasteiger partial charge in [0.25, 0.3) is 0 Å². The summed E-state index contributed by atoms with van der Waals surface area (Å²) in [6.45, 7) is 7.12. The monoisotopic (exact) mass is 308 g/mol. The summed E-state index contributed by atoms with van der Waals surface area (Å²) in [6, 6.07) is 0. The maximum Gasteiger partial charge on any atom is 0.410 e. The molecular formula is C14H20N4O2S. The molecule has 1 aliphatic heterocycles. The molecule has 1 saturated heterocycles. The Balaban J connectivity index is 1.60. The zero-order valence-corrected chi connectivity index (χ0v) is 13.4. The Bertz CT molecular complexity index is 606. The number of aromatic nitrogens is 3. The molecule has 3 rings (SSSR count). The topological polar surface area (TPSA) is 59.7 Å². The van der Waals surface area contributed by atoms with Crippen LogP contribution >= 0.6 is 11.3 Å². The van der Waals surface area contributed by atoms with Gasteiger partial charge in [-0.05, 0) is 33.6 Å². The summed E-state index contributed by atoms with van der Waals surface area (Å²) in [5, 5.41) is 5.68. The van der Waals surface area contributed by atoms with Crippen LogP contribution < -0.4 is 0 Å². The van der Waals surface area contributed by atoms with Crippen molar-refractivity contribution < 1.29 is 9.53 Å². The number of imidazole rings is 1. The Morgan fingerprint density at radius 1 is 1.38 bits per heavy atom. The van der Waals surface area contributed by atoms with Crippen LogP contribution in [0.3, 0.4) is 0 Å². The molecular weight excluding hydrogens is 288 g/mol. The minimum atomic E-state index is -0.436. The van der Waals surface area contributed by atoms with Crippen molar-refractivity contribution in [2.24, 2.45) is 0 Å². The van der Waals surface area contributed by atoms with Crippen molar-refractivity contribution >= 4 is 22.4 Å². The van der Waals surface area contributed by atoms with Crippen LogP contribution in [-0.4, -0.2) is 44.3 Å². The Kier molecular flexibility index (Phi) is 3.61. The lowest BCUT2D eigenvalue weighted by atomic mass is 9.98. The molecule has 0 atom stereocenters. The Morgan fingerprint density at radius 2 is 2.10 bits per heavy atom. The first-order valence-electron chi connectivity index (χ1n) is 7.20. The average molecular weight is 308 g/mol. The molecule has 0 aromatic carbocycles. The van der Waals surface area contributed by atoms with E-state index in [1.54, 1.807) is 22.4 Å². The number of carbonyl (C=O) groups excluding carboxylic acids is 1. The third-order valence-electron chi connectivity index (χ3n) is 3.49. The molecule has 0 N–H and O–H groups in total. The van der Waals surface area contributed by atoms with Gasteiger partial charge >= 0.3 is 6.09 Å². The third kappa shape index (κ3) is 3.18. The summed E-state index contributed by atoms with van der Waals surface area (Å²) in [6.07, 6.45) is 5.26. The second-order valence-corrected chi connectivity index (χ2v) is 7.32. The first-order chi connectivity index (χ1) is 9.92. The van der Waals surface area contributed by atoms with E-state index in [2.05, 4.69) is 10.1 Å². The maximum absolute atomic E-state index is 12.0. The van der Waals surface area contributed by atoms with Crippen molar-refractivity contribution in [2.75, 3.05) is 13.1 Å². The molecule has 0 unspecified atom stereocenters. The smallest absolute Gasteiger partial charge is 0.410 e. The van der Waals surface area contributed by atoms with E-state index in [0.29, 0.717) is 5.92 Å². The standard InChI is InChI=1S/C14H20N4O2S/c1-14(2,3)20-13(19)17-7-4-10(5-8-17)11-16-18-9-6-15-12(18)21-11/h6,9-10H,4-5,7-8H2,1-3H3. The van der Waals surface area contributed by atoms with E-state index < -0.39 is 5.60 Å². The maximum atomic E-state index is 12.0. The minimum absolute atomic E-state index is 0.213. The molecule has 1 fully saturated rings. The highest BCUT2D eigenvalue weighted by Crippen LogP contribution is 2.31. The van der Waals surface area contributed by atoms with Crippen LogP contribution in [0.15, 0.2) is 12.4 Å². The second kappa shape index (κ2) is 5.29. The molecule has 1 aliphatic rings. The number of amides is 1. The number of piperidine rings is 1. The Hall–Kier alpha value is -1.63. The van der Waals surface area contributed by atoms with Crippen LogP contribution in [0.4, 0.5) is 4.79 Å². The van der Waals surface area contributed by atoms with E-state index in [0.717, 1.165) is 35.9 Å². The first kappa shape index (κ1) is 14.3. The first-order valence-corrected chi connectivity index (χ1v) is 8.02. The number of hydrogen-bond acceptors (Lipinski definition) is 5. The molecule has 21 heavy (non-hydrogen) atoms. The van der Waals surface area contributed by atoms with Gasteiger partial charge in [-0.3, -0.25) is 0 Å². The molecule has 2 aromatic rings. The number of nitrogens with zero attached hydrogens (tertiary/aromatic N) is 4. The van der Waals surface area contributed by atoms with Gasteiger partial charge in [0, 0.05) is 25.2 Å². The van der Waals surface area contributed by atoms with Crippen LogP contribution in [0.5, 0.6) is 0 Å². The quantitative estimate of drug-likeness (QED) is 0.812. The van der Waals surface area contributed by atoms with E-state index in [1.165, 1.54) is 0 Å². The van der Waals surface area contributed by atoms with Crippen molar-refractivity contribution in [1.82, 2.24) is 19.5 Å². The lowest BCUT2D eigenvalue weighted by Gasteiger charge is -2.32. The van der Waals surface area contributed by atoms with E-state index in [4.69, 9.17) is 4.74 Å². The van der Waals surface area contributed by atoms with Crippen LogP contribution in [-0.2, 0) is 4.74 Å². The van der Waals surface area contributed by atoms with E-state index in [-0.39, 0.29) is 6.09 Å². The zero-order chi connectivity index (χ0) is 15.0. The van der Waals surface area contributed by atoms with Crippen molar-refractivity contribution in [1.29, 1.82) is 0 Å². The number of carbonyl (C=O) groups is 1. The van der Waals surface area contributed by atoms with Gasteiger partial charge < -0.3 is 9.64 Å². The molecule has 0 bridgehead atoms. The molecule has 0 spiro atoms. The van der Waals surface area contributed by atoms with Crippen LogP contribution in [0.2, 0.25) is 0 Å². The molecule has 7 heteroatoms. The zero-order valence-electron chi connectivity index (χ0n) is 12.6. The number of ether oxygens (including phenoxy) is 1. The second-order valence-electron chi connectivity index (χ2n) is 6.34. The summed E-state index contributed by atoms with van der Waals surface area (Å²) >= 11 is 1.64. The fraction of sp³-hybridized carbons (Fsp3) is 0.643. The number of likely N-dealkylation sites (tertiary alicyclic amines) is 1. The number of rotatable bonds is 1. The van der Waals surface area contributed by atoms with Crippen LogP contribution in [0.25, 0.3) is 4.96 Å². The van der Waals surface area contributed by atoms with E-state index in [9.17, 15) is 4.79 Å². The van der Waals surface area contributed by atoms with Crippen LogP contribution in [0, 0.1) is 0 Å². The highest BCUT2D eigenvalue weighted by atomic mass is 32.1. The van der Waals surface area contributed by atoms with Gasteiger partial charge in [-0.25, -0.2) is 14.3 Å². The van der Waals surface area contributed by atoms with Crippen molar-refractivity contribution in [3.63, 3.8) is 0 Å². The molecule has 3 heterocycles. The SMILES string of the molecule is CC(C)(C)OC(=O)N1CCC(c2nn3ccnc3s2)CC1. The molecule has 1 amide bonds. The molecule has 0 radical (unpaired) electrons. The average Bonchev–Trinajstić information content (AvgIpc) is 2.97. The van der Waals surface area contributed by atoms with Gasteiger partial charge in [0.05, 0.1) is 6.20 Å². The largest absolute Gasteiger partial charge is 0.444 e. The predicted octanol–water partition coefficient (Wildman–Crippen LogP) is 2.91.